The van der Waals surface area contributed by atoms with Crippen molar-refractivity contribution < 1.29 is 9.18 Å². The highest BCUT2D eigenvalue weighted by molar-refractivity contribution is 7.71. The van der Waals surface area contributed by atoms with Crippen molar-refractivity contribution in [2.24, 2.45) is 0 Å². The summed E-state index contributed by atoms with van der Waals surface area (Å²) in [6.07, 6.45) is 3.16. The number of fused-ring (bicyclic) bond motifs is 1. The number of aromatic nitrogens is 2. The number of nitrogens with zero attached hydrogens (tertiary/aromatic N) is 1. The van der Waals surface area contributed by atoms with Crippen LogP contribution in [0, 0.1) is 10.6 Å². The first kappa shape index (κ1) is 12.3. The molecule has 2 N–H and O–H groups in total. The van der Waals surface area contributed by atoms with Crippen LogP contribution in [0.15, 0.2) is 12.1 Å². The van der Waals surface area contributed by atoms with Crippen LogP contribution >= 0.6 is 12.2 Å². The number of piperidine rings is 1. The molecule has 1 fully saturated rings. The predicted octanol–water partition coefficient (Wildman–Crippen LogP) is 2.99. The summed E-state index contributed by atoms with van der Waals surface area (Å²) in [4.78, 5) is 20.0. The Morgan fingerprint density at radius 2 is 1.95 bits per heavy atom. The van der Waals surface area contributed by atoms with Gasteiger partial charge in [-0.15, -0.1) is 0 Å². The molecule has 0 atom stereocenters. The number of benzene rings is 1. The van der Waals surface area contributed by atoms with Crippen LogP contribution in [-0.4, -0.2) is 33.9 Å². The number of H-pyrrole nitrogens is 2. The number of rotatable bonds is 1. The smallest absolute Gasteiger partial charge is 0.256 e. The van der Waals surface area contributed by atoms with E-state index in [0.29, 0.717) is 21.4 Å². The molecule has 0 bridgehead atoms. The van der Waals surface area contributed by atoms with Crippen LogP contribution in [-0.2, 0) is 0 Å². The predicted molar refractivity (Wildman–Crippen MR) is 73.2 cm³/mol. The zero-order valence-electron chi connectivity index (χ0n) is 10.3. The lowest BCUT2D eigenvalue weighted by Crippen LogP contribution is -2.35. The zero-order valence-corrected chi connectivity index (χ0v) is 11.1. The molecule has 2 aromatic rings. The number of nitrogens with one attached hydrogen (secondary N) is 2. The molecule has 0 unspecified atom stereocenters. The molecule has 0 spiro atoms. The lowest BCUT2D eigenvalue weighted by molar-refractivity contribution is 0.0725. The Balaban J connectivity index is 2.07. The fraction of sp³-hybridized carbons (Fsp3) is 0.385. The number of likely N-dealkylation sites (tertiary alicyclic amines) is 1. The van der Waals surface area contributed by atoms with Crippen LogP contribution in [0.1, 0.15) is 29.6 Å². The van der Waals surface area contributed by atoms with Gasteiger partial charge in [0.25, 0.3) is 5.91 Å². The largest absolute Gasteiger partial charge is 0.339 e. The maximum absolute atomic E-state index is 13.6. The van der Waals surface area contributed by atoms with Crippen LogP contribution in [0.25, 0.3) is 11.0 Å². The van der Waals surface area contributed by atoms with Gasteiger partial charge in [0.2, 0.25) is 0 Å². The van der Waals surface area contributed by atoms with E-state index in [4.69, 9.17) is 12.2 Å². The van der Waals surface area contributed by atoms with Gasteiger partial charge in [0.15, 0.2) is 4.77 Å². The number of amides is 1. The van der Waals surface area contributed by atoms with E-state index in [1.165, 1.54) is 12.1 Å². The summed E-state index contributed by atoms with van der Waals surface area (Å²) in [6.45, 7) is 1.48. The highest BCUT2D eigenvalue weighted by Gasteiger charge is 2.21. The third-order valence-electron chi connectivity index (χ3n) is 3.46. The van der Waals surface area contributed by atoms with Crippen molar-refractivity contribution in [3.63, 3.8) is 0 Å². The van der Waals surface area contributed by atoms with Gasteiger partial charge in [0.05, 0.1) is 16.6 Å². The number of carbonyl (C=O) groups excluding carboxylic acids is 1. The standard InChI is InChI=1S/C13H14FN3OS/c14-8-6-9(11-10(7-8)15-13(19)16-11)12(18)17-4-2-1-3-5-17/h6-7H,1-5H2,(H2,15,16,19). The van der Waals surface area contributed by atoms with E-state index < -0.39 is 5.82 Å². The molecule has 1 amide bonds. The number of aromatic amines is 2. The summed E-state index contributed by atoms with van der Waals surface area (Å²) in [6, 6.07) is 2.62. The minimum Gasteiger partial charge on any atom is -0.339 e. The number of hydrogen-bond acceptors (Lipinski definition) is 2. The van der Waals surface area contributed by atoms with Gasteiger partial charge in [0.1, 0.15) is 5.82 Å². The Kier molecular flexibility index (Phi) is 3.10. The van der Waals surface area contributed by atoms with Crippen LogP contribution in [0.2, 0.25) is 0 Å². The summed E-state index contributed by atoms with van der Waals surface area (Å²) < 4.78 is 14.0. The first-order chi connectivity index (χ1) is 9.15. The molecule has 1 saturated heterocycles. The first-order valence-electron chi connectivity index (χ1n) is 6.36. The van der Waals surface area contributed by atoms with Crippen molar-refractivity contribution in [1.82, 2.24) is 14.9 Å². The van der Waals surface area contributed by atoms with Gasteiger partial charge < -0.3 is 14.9 Å². The molecule has 100 valence electrons. The van der Waals surface area contributed by atoms with Crippen molar-refractivity contribution >= 4 is 29.2 Å². The highest BCUT2D eigenvalue weighted by Crippen LogP contribution is 2.21. The number of imidazole rings is 1. The lowest BCUT2D eigenvalue weighted by atomic mass is 10.1. The fourth-order valence-corrected chi connectivity index (χ4v) is 2.76. The second-order valence-corrected chi connectivity index (χ2v) is 5.22. The summed E-state index contributed by atoms with van der Waals surface area (Å²) in [5.41, 5.74) is 1.47. The third kappa shape index (κ3) is 2.28. The molecule has 1 aromatic carbocycles. The van der Waals surface area contributed by atoms with Gasteiger partial charge in [-0.3, -0.25) is 4.79 Å². The normalized spacial score (nSPS) is 15.9. The summed E-state index contributed by atoms with van der Waals surface area (Å²) in [7, 11) is 0. The Bertz CT molecular complexity index is 685. The summed E-state index contributed by atoms with van der Waals surface area (Å²) >= 11 is 5.00. The number of halogens is 1. The molecular formula is C13H14FN3OS. The highest BCUT2D eigenvalue weighted by atomic mass is 32.1. The van der Waals surface area contributed by atoms with E-state index in [9.17, 15) is 9.18 Å². The molecule has 1 aliphatic rings. The molecule has 0 radical (unpaired) electrons. The van der Waals surface area contributed by atoms with Gasteiger partial charge in [-0.25, -0.2) is 4.39 Å². The van der Waals surface area contributed by atoms with E-state index in [-0.39, 0.29) is 5.91 Å². The van der Waals surface area contributed by atoms with Gasteiger partial charge in [-0.05, 0) is 43.6 Å². The van der Waals surface area contributed by atoms with E-state index >= 15 is 0 Å². The molecule has 2 heterocycles. The van der Waals surface area contributed by atoms with Gasteiger partial charge in [-0.2, -0.15) is 0 Å². The Labute approximate surface area is 114 Å². The number of hydrogen-bond donors (Lipinski definition) is 2. The Morgan fingerprint density at radius 3 is 2.68 bits per heavy atom. The molecular weight excluding hydrogens is 265 g/mol. The van der Waals surface area contributed by atoms with Gasteiger partial charge in [-0.1, -0.05) is 0 Å². The second-order valence-electron chi connectivity index (χ2n) is 4.81. The third-order valence-corrected chi connectivity index (χ3v) is 3.67. The van der Waals surface area contributed by atoms with Crippen LogP contribution < -0.4 is 0 Å². The van der Waals surface area contributed by atoms with Crippen molar-refractivity contribution in [3.8, 4) is 0 Å². The van der Waals surface area contributed by atoms with Crippen molar-refractivity contribution in [2.75, 3.05) is 13.1 Å². The molecule has 0 saturated carbocycles. The topological polar surface area (TPSA) is 51.9 Å². The average Bonchev–Trinajstić information content (AvgIpc) is 2.78. The van der Waals surface area contributed by atoms with E-state index in [2.05, 4.69) is 9.97 Å². The molecule has 3 rings (SSSR count). The molecule has 6 heteroatoms. The van der Waals surface area contributed by atoms with Crippen molar-refractivity contribution in [3.05, 3.63) is 28.3 Å². The van der Waals surface area contributed by atoms with Crippen LogP contribution in [0.4, 0.5) is 4.39 Å². The molecule has 0 aliphatic carbocycles. The van der Waals surface area contributed by atoms with Crippen LogP contribution in [0.3, 0.4) is 0 Å². The lowest BCUT2D eigenvalue weighted by Gasteiger charge is -2.26. The minimum absolute atomic E-state index is 0.130. The number of carbonyl (C=O) groups is 1. The zero-order chi connectivity index (χ0) is 13.4. The fourth-order valence-electron chi connectivity index (χ4n) is 2.54. The van der Waals surface area contributed by atoms with E-state index in [1.807, 2.05) is 0 Å². The average molecular weight is 279 g/mol. The van der Waals surface area contributed by atoms with Gasteiger partial charge >= 0.3 is 0 Å². The minimum atomic E-state index is -0.432. The Hall–Kier alpha value is -1.69. The summed E-state index contributed by atoms with van der Waals surface area (Å²) in [5.74, 6) is -0.562. The summed E-state index contributed by atoms with van der Waals surface area (Å²) in [5, 5.41) is 0. The van der Waals surface area contributed by atoms with E-state index in [1.54, 1.807) is 4.90 Å². The maximum Gasteiger partial charge on any atom is 0.256 e. The Morgan fingerprint density at radius 1 is 1.21 bits per heavy atom. The van der Waals surface area contributed by atoms with Crippen molar-refractivity contribution in [1.29, 1.82) is 0 Å². The SMILES string of the molecule is O=C(c1cc(F)cc2[nH]c(=S)[nH]c12)N1CCCCC1. The molecule has 1 aliphatic heterocycles. The van der Waals surface area contributed by atoms with Crippen molar-refractivity contribution in [2.45, 2.75) is 19.3 Å². The monoisotopic (exact) mass is 279 g/mol. The van der Waals surface area contributed by atoms with E-state index in [0.717, 1.165) is 32.4 Å². The molecule has 4 nitrogen and oxygen atoms in total. The quantitative estimate of drug-likeness (QED) is 0.788. The maximum atomic E-state index is 13.6. The molecule has 19 heavy (non-hydrogen) atoms. The second kappa shape index (κ2) is 4.77. The van der Waals surface area contributed by atoms with Crippen LogP contribution in [0.5, 0.6) is 0 Å². The first-order valence-corrected chi connectivity index (χ1v) is 6.77. The molecule has 1 aromatic heterocycles. The van der Waals surface area contributed by atoms with Gasteiger partial charge in [0, 0.05) is 13.1 Å².